The fourth-order valence-electron chi connectivity index (χ4n) is 3.68. The summed E-state index contributed by atoms with van der Waals surface area (Å²) in [5.41, 5.74) is 2.78. The first-order valence-electron chi connectivity index (χ1n) is 9.52. The van der Waals surface area contributed by atoms with Crippen molar-refractivity contribution in [3.05, 3.63) is 66.6 Å². The summed E-state index contributed by atoms with van der Waals surface area (Å²) in [7, 11) is 0. The van der Waals surface area contributed by atoms with Gasteiger partial charge in [-0.3, -0.25) is 14.9 Å². The third-order valence-corrected chi connectivity index (χ3v) is 5.20. The van der Waals surface area contributed by atoms with Crippen molar-refractivity contribution in [1.29, 1.82) is 0 Å². The Hall–Kier alpha value is -3.19. The summed E-state index contributed by atoms with van der Waals surface area (Å²) in [6, 6.07) is 12.5. The summed E-state index contributed by atoms with van der Waals surface area (Å²) in [5, 5.41) is 9.56. The number of fused-ring (bicyclic) bond motifs is 1. The lowest BCUT2D eigenvalue weighted by molar-refractivity contribution is 0.191. The Morgan fingerprint density at radius 2 is 1.89 bits per heavy atom. The quantitative estimate of drug-likeness (QED) is 0.543. The molecule has 3 aromatic heterocycles. The van der Waals surface area contributed by atoms with Crippen LogP contribution < -0.4 is 0 Å². The second-order valence-electron chi connectivity index (χ2n) is 7.08. The molecule has 5 rings (SSSR count). The number of pyridine rings is 1. The number of hydrogen-bond donors (Lipinski definition) is 0. The van der Waals surface area contributed by atoms with E-state index in [1.54, 1.807) is 18.6 Å². The summed E-state index contributed by atoms with van der Waals surface area (Å²) < 4.78 is 5.86. The van der Waals surface area contributed by atoms with Crippen LogP contribution in [0.4, 0.5) is 0 Å². The van der Waals surface area contributed by atoms with Gasteiger partial charge in [-0.05, 0) is 38.1 Å². The van der Waals surface area contributed by atoms with E-state index in [1.165, 1.54) is 5.39 Å². The topological polar surface area (TPSA) is 80.8 Å². The molecule has 0 unspecified atom stereocenters. The number of likely N-dealkylation sites (tertiary alicyclic amines) is 1. The Morgan fingerprint density at radius 3 is 2.75 bits per heavy atom. The Kier molecular flexibility index (Phi) is 4.50. The summed E-state index contributed by atoms with van der Waals surface area (Å²) >= 11 is 0. The van der Waals surface area contributed by atoms with Crippen molar-refractivity contribution in [1.82, 2.24) is 30.0 Å². The van der Waals surface area contributed by atoms with Crippen LogP contribution in [0.1, 0.15) is 30.3 Å². The summed E-state index contributed by atoms with van der Waals surface area (Å²) in [5.74, 6) is 1.42. The van der Waals surface area contributed by atoms with Crippen LogP contribution in [0.2, 0.25) is 0 Å². The molecule has 1 aliphatic heterocycles. The fraction of sp³-hybridized carbons (Fsp3) is 0.286. The van der Waals surface area contributed by atoms with Gasteiger partial charge in [0.05, 0.1) is 17.4 Å². The Bertz CT molecular complexity index is 1070. The van der Waals surface area contributed by atoms with E-state index in [0.29, 0.717) is 23.4 Å². The zero-order valence-corrected chi connectivity index (χ0v) is 15.4. The van der Waals surface area contributed by atoms with Gasteiger partial charge >= 0.3 is 0 Å². The molecule has 7 nitrogen and oxygen atoms in total. The minimum Gasteiger partial charge on any atom is -0.419 e. The number of piperidine rings is 1. The SMILES string of the molecule is c1ccc2nc(CN3CCC(c4nnc(-c5cnccn5)o4)CC3)ccc2c1. The number of para-hydroxylation sites is 1. The smallest absolute Gasteiger partial charge is 0.267 e. The van der Waals surface area contributed by atoms with Gasteiger partial charge in [-0.2, -0.15) is 0 Å². The molecule has 1 fully saturated rings. The monoisotopic (exact) mass is 372 g/mol. The number of benzene rings is 1. The molecule has 4 aromatic rings. The summed E-state index contributed by atoms with van der Waals surface area (Å²) in [4.78, 5) is 15.5. The lowest BCUT2D eigenvalue weighted by Crippen LogP contribution is -2.32. The molecular weight excluding hydrogens is 352 g/mol. The van der Waals surface area contributed by atoms with Crippen LogP contribution in [0, 0.1) is 0 Å². The van der Waals surface area contributed by atoms with Crippen LogP contribution in [0.3, 0.4) is 0 Å². The molecule has 7 heteroatoms. The van der Waals surface area contributed by atoms with Gasteiger partial charge in [-0.15, -0.1) is 10.2 Å². The van der Waals surface area contributed by atoms with Crippen LogP contribution in [-0.2, 0) is 6.54 Å². The van der Waals surface area contributed by atoms with Crippen LogP contribution in [0.5, 0.6) is 0 Å². The molecule has 0 bridgehead atoms. The van der Waals surface area contributed by atoms with Gasteiger partial charge in [-0.1, -0.05) is 24.3 Å². The predicted octanol–water partition coefficient (Wildman–Crippen LogP) is 3.45. The van der Waals surface area contributed by atoms with E-state index in [2.05, 4.69) is 49.3 Å². The molecule has 1 saturated heterocycles. The lowest BCUT2D eigenvalue weighted by atomic mass is 9.97. The minimum atomic E-state index is 0.290. The number of hydrogen-bond acceptors (Lipinski definition) is 7. The highest BCUT2D eigenvalue weighted by molar-refractivity contribution is 5.78. The first-order valence-corrected chi connectivity index (χ1v) is 9.52. The maximum absolute atomic E-state index is 5.86. The van der Waals surface area contributed by atoms with Crippen LogP contribution in [0.25, 0.3) is 22.5 Å². The minimum absolute atomic E-state index is 0.290. The molecule has 28 heavy (non-hydrogen) atoms. The average Bonchev–Trinajstić information content (AvgIpc) is 3.25. The van der Waals surface area contributed by atoms with E-state index >= 15 is 0 Å². The van der Waals surface area contributed by atoms with Crippen LogP contribution in [0.15, 0.2) is 59.4 Å². The molecule has 0 atom stereocenters. The first kappa shape index (κ1) is 16.9. The van der Waals surface area contributed by atoms with E-state index in [0.717, 1.165) is 43.7 Å². The molecule has 0 saturated carbocycles. The highest BCUT2D eigenvalue weighted by Crippen LogP contribution is 2.29. The van der Waals surface area contributed by atoms with Gasteiger partial charge in [-0.25, -0.2) is 4.98 Å². The molecule has 0 N–H and O–H groups in total. The van der Waals surface area contributed by atoms with Gasteiger partial charge in [0.15, 0.2) is 0 Å². The standard InChI is InChI=1S/C21H20N6O/c1-2-4-18-15(3-1)5-6-17(24-18)14-27-11-7-16(8-12-27)20-25-26-21(28-20)19-13-22-9-10-23-19/h1-6,9-10,13,16H,7-8,11-12,14H2. The Balaban J connectivity index is 1.22. The highest BCUT2D eigenvalue weighted by Gasteiger charge is 2.25. The fourth-order valence-corrected chi connectivity index (χ4v) is 3.68. The van der Waals surface area contributed by atoms with Gasteiger partial charge in [0.1, 0.15) is 5.69 Å². The van der Waals surface area contributed by atoms with E-state index in [1.807, 2.05) is 12.1 Å². The summed E-state index contributed by atoms with van der Waals surface area (Å²) in [6.07, 6.45) is 6.88. The molecule has 0 amide bonds. The normalized spacial score (nSPS) is 15.9. The molecular formula is C21H20N6O. The van der Waals surface area contributed by atoms with Gasteiger partial charge < -0.3 is 4.42 Å². The second kappa shape index (κ2) is 7.44. The molecule has 0 radical (unpaired) electrons. The van der Waals surface area contributed by atoms with Crippen molar-refractivity contribution in [2.75, 3.05) is 13.1 Å². The molecule has 0 aliphatic carbocycles. The maximum Gasteiger partial charge on any atom is 0.267 e. The van der Waals surface area contributed by atoms with Crippen molar-refractivity contribution >= 4 is 10.9 Å². The largest absolute Gasteiger partial charge is 0.419 e. The van der Waals surface area contributed by atoms with Crippen molar-refractivity contribution in [3.63, 3.8) is 0 Å². The van der Waals surface area contributed by atoms with E-state index in [-0.39, 0.29) is 0 Å². The maximum atomic E-state index is 5.86. The van der Waals surface area contributed by atoms with Gasteiger partial charge in [0.25, 0.3) is 5.89 Å². The van der Waals surface area contributed by atoms with Crippen molar-refractivity contribution in [3.8, 4) is 11.6 Å². The van der Waals surface area contributed by atoms with Crippen molar-refractivity contribution in [2.45, 2.75) is 25.3 Å². The predicted molar refractivity (Wildman–Crippen MR) is 104 cm³/mol. The second-order valence-corrected chi connectivity index (χ2v) is 7.08. The average molecular weight is 372 g/mol. The first-order chi connectivity index (χ1) is 13.8. The van der Waals surface area contributed by atoms with Crippen LogP contribution >= 0.6 is 0 Å². The Morgan fingerprint density at radius 1 is 1.00 bits per heavy atom. The molecule has 4 heterocycles. The van der Waals surface area contributed by atoms with Crippen LogP contribution in [-0.4, -0.2) is 43.1 Å². The van der Waals surface area contributed by atoms with Crippen molar-refractivity contribution < 1.29 is 4.42 Å². The molecule has 1 aromatic carbocycles. The van der Waals surface area contributed by atoms with Crippen molar-refractivity contribution in [2.24, 2.45) is 0 Å². The van der Waals surface area contributed by atoms with E-state index < -0.39 is 0 Å². The lowest BCUT2D eigenvalue weighted by Gasteiger charge is -2.30. The third-order valence-electron chi connectivity index (χ3n) is 5.20. The third kappa shape index (κ3) is 3.48. The zero-order valence-electron chi connectivity index (χ0n) is 15.4. The van der Waals surface area contributed by atoms with Gasteiger partial charge in [0.2, 0.25) is 5.89 Å². The Labute approximate surface area is 162 Å². The van der Waals surface area contributed by atoms with E-state index in [9.17, 15) is 0 Å². The number of rotatable bonds is 4. The molecule has 1 aliphatic rings. The van der Waals surface area contributed by atoms with E-state index in [4.69, 9.17) is 9.40 Å². The number of nitrogens with zero attached hydrogens (tertiary/aromatic N) is 6. The highest BCUT2D eigenvalue weighted by atomic mass is 16.4. The molecule has 0 spiro atoms. The summed E-state index contributed by atoms with van der Waals surface area (Å²) in [6.45, 7) is 2.84. The number of aromatic nitrogens is 5. The molecule has 140 valence electrons. The zero-order chi connectivity index (χ0) is 18.8. The van der Waals surface area contributed by atoms with Gasteiger partial charge in [0, 0.05) is 30.2 Å².